The number of imide groups is 1. The van der Waals surface area contributed by atoms with Crippen molar-refractivity contribution in [3.8, 4) is 0 Å². The normalized spacial score (nSPS) is 13.8. The highest BCUT2D eigenvalue weighted by Gasteiger charge is 2.46. The van der Waals surface area contributed by atoms with Gasteiger partial charge in [0.15, 0.2) is 0 Å². The number of para-hydroxylation sites is 1. The van der Waals surface area contributed by atoms with Crippen LogP contribution in [-0.2, 0) is 4.79 Å². The van der Waals surface area contributed by atoms with Gasteiger partial charge in [0.05, 0.1) is 11.1 Å². The van der Waals surface area contributed by atoms with E-state index < -0.39 is 30.6 Å². The first-order valence-corrected chi connectivity index (χ1v) is 7.61. The minimum atomic E-state index is -5.15. The molecule has 26 heavy (non-hydrogen) atoms. The van der Waals surface area contributed by atoms with Gasteiger partial charge < -0.3 is 0 Å². The maximum Gasteiger partial charge on any atom is 0.471 e. The van der Waals surface area contributed by atoms with Gasteiger partial charge in [0.2, 0.25) is 0 Å². The van der Waals surface area contributed by atoms with Crippen molar-refractivity contribution in [3.63, 3.8) is 0 Å². The molecule has 0 saturated carbocycles. The minimum Gasteiger partial charge on any atom is -0.285 e. The molecular weight excluding hydrogens is 349 g/mol. The summed E-state index contributed by atoms with van der Waals surface area (Å²) in [7, 11) is 0. The first-order valence-electron chi connectivity index (χ1n) is 7.61. The third-order valence-corrected chi connectivity index (χ3v) is 4.05. The molecule has 3 rings (SSSR count). The summed E-state index contributed by atoms with van der Waals surface area (Å²) in [6.07, 6.45) is -5.15. The van der Waals surface area contributed by atoms with Gasteiger partial charge in [-0.1, -0.05) is 30.3 Å². The van der Waals surface area contributed by atoms with Crippen LogP contribution >= 0.6 is 0 Å². The van der Waals surface area contributed by atoms with E-state index in [2.05, 4.69) is 0 Å². The summed E-state index contributed by atoms with van der Waals surface area (Å²) in [5, 5.41) is 0. The standard InChI is InChI=1S/C18H13F3N2O3/c1-11-6-2-5-9-14(11)22(17(26)18(19,20)21)10-23-15(24)12-7-3-4-8-13(12)16(23)25/h2-9H,10H2,1H3. The molecule has 0 saturated heterocycles. The molecular formula is C18H13F3N2O3. The Morgan fingerprint density at radius 2 is 1.46 bits per heavy atom. The number of benzene rings is 2. The number of halogens is 3. The van der Waals surface area contributed by atoms with E-state index in [0.717, 1.165) is 0 Å². The highest BCUT2D eigenvalue weighted by atomic mass is 19.4. The summed E-state index contributed by atoms with van der Waals surface area (Å²) in [4.78, 5) is 37.8. The number of carbonyl (C=O) groups excluding carboxylic acids is 3. The molecule has 0 radical (unpaired) electrons. The fraction of sp³-hybridized carbons (Fsp3) is 0.167. The summed E-state index contributed by atoms with van der Waals surface area (Å²) in [5.74, 6) is -3.62. The van der Waals surface area contributed by atoms with E-state index in [4.69, 9.17) is 0 Å². The summed E-state index contributed by atoms with van der Waals surface area (Å²) >= 11 is 0. The van der Waals surface area contributed by atoms with Gasteiger partial charge >= 0.3 is 12.1 Å². The Morgan fingerprint density at radius 3 is 1.96 bits per heavy atom. The zero-order valence-corrected chi connectivity index (χ0v) is 13.6. The lowest BCUT2D eigenvalue weighted by Gasteiger charge is -2.28. The molecule has 0 unspecified atom stereocenters. The molecule has 2 aromatic rings. The average molecular weight is 362 g/mol. The van der Waals surface area contributed by atoms with Gasteiger partial charge in [0, 0.05) is 5.69 Å². The van der Waals surface area contributed by atoms with E-state index in [1.165, 1.54) is 37.3 Å². The Hall–Kier alpha value is -3.16. The highest BCUT2D eigenvalue weighted by molar-refractivity contribution is 6.21. The quantitative estimate of drug-likeness (QED) is 0.789. The molecule has 1 heterocycles. The number of carbonyl (C=O) groups is 3. The van der Waals surface area contributed by atoms with Gasteiger partial charge in [-0.3, -0.25) is 24.2 Å². The summed E-state index contributed by atoms with van der Waals surface area (Å²) in [6, 6.07) is 11.9. The van der Waals surface area contributed by atoms with Gasteiger partial charge in [0.25, 0.3) is 11.8 Å². The molecule has 0 aromatic heterocycles. The lowest BCUT2D eigenvalue weighted by molar-refractivity contribution is -0.170. The zero-order chi connectivity index (χ0) is 19.1. The number of aryl methyl sites for hydroxylation is 1. The van der Waals surface area contributed by atoms with Crippen molar-refractivity contribution in [3.05, 3.63) is 65.2 Å². The fourth-order valence-electron chi connectivity index (χ4n) is 2.78. The maximum atomic E-state index is 13.1. The third-order valence-electron chi connectivity index (χ3n) is 4.05. The molecule has 0 fully saturated rings. The average Bonchev–Trinajstić information content (AvgIpc) is 2.84. The molecule has 1 aliphatic rings. The first-order chi connectivity index (χ1) is 12.2. The van der Waals surface area contributed by atoms with Crippen molar-refractivity contribution in [2.75, 3.05) is 11.6 Å². The minimum absolute atomic E-state index is 0.0219. The van der Waals surface area contributed by atoms with Crippen LogP contribution in [0.1, 0.15) is 26.3 Å². The van der Waals surface area contributed by atoms with E-state index in [1.54, 1.807) is 18.2 Å². The molecule has 0 atom stereocenters. The Kier molecular flexibility index (Phi) is 4.27. The van der Waals surface area contributed by atoms with Crippen LogP contribution in [0.3, 0.4) is 0 Å². The van der Waals surface area contributed by atoms with Crippen LogP contribution in [-0.4, -0.2) is 35.5 Å². The molecule has 0 spiro atoms. The van der Waals surface area contributed by atoms with E-state index in [-0.39, 0.29) is 16.8 Å². The second kappa shape index (κ2) is 6.29. The molecule has 1 aliphatic heterocycles. The van der Waals surface area contributed by atoms with Gasteiger partial charge in [-0.25, -0.2) is 0 Å². The number of fused-ring (bicyclic) bond motifs is 1. The second-order valence-electron chi connectivity index (χ2n) is 5.74. The summed E-state index contributed by atoms with van der Waals surface area (Å²) in [5.41, 5.74) is 0.580. The van der Waals surface area contributed by atoms with Crippen LogP contribution in [0.5, 0.6) is 0 Å². The Bertz CT molecular complexity index is 874. The molecule has 2 aromatic carbocycles. The lowest BCUT2D eigenvalue weighted by atomic mass is 10.1. The number of rotatable bonds is 3. The van der Waals surface area contributed by atoms with Crippen molar-refractivity contribution >= 4 is 23.4 Å². The van der Waals surface area contributed by atoms with E-state index in [9.17, 15) is 27.6 Å². The monoisotopic (exact) mass is 362 g/mol. The van der Waals surface area contributed by atoms with Crippen LogP contribution in [0, 0.1) is 6.92 Å². The molecule has 134 valence electrons. The number of alkyl halides is 3. The summed E-state index contributed by atoms with van der Waals surface area (Å²) in [6.45, 7) is 0.712. The summed E-state index contributed by atoms with van der Waals surface area (Å²) < 4.78 is 39.2. The molecule has 0 aliphatic carbocycles. The number of hydrogen-bond donors (Lipinski definition) is 0. The first kappa shape index (κ1) is 17.7. The van der Waals surface area contributed by atoms with Gasteiger partial charge in [-0.15, -0.1) is 0 Å². The van der Waals surface area contributed by atoms with Crippen LogP contribution in [0.25, 0.3) is 0 Å². The predicted molar refractivity (Wildman–Crippen MR) is 86.5 cm³/mol. The van der Waals surface area contributed by atoms with Gasteiger partial charge in [-0.2, -0.15) is 13.2 Å². The lowest BCUT2D eigenvalue weighted by Crippen LogP contribution is -2.49. The third kappa shape index (κ3) is 2.94. The van der Waals surface area contributed by atoms with Crippen molar-refractivity contribution < 1.29 is 27.6 Å². The molecule has 5 nitrogen and oxygen atoms in total. The van der Waals surface area contributed by atoms with Crippen molar-refractivity contribution in [2.24, 2.45) is 0 Å². The Balaban J connectivity index is 2.00. The smallest absolute Gasteiger partial charge is 0.285 e. The molecule has 0 N–H and O–H groups in total. The number of nitrogens with zero attached hydrogens (tertiary/aromatic N) is 2. The van der Waals surface area contributed by atoms with E-state index in [0.29, 0.717) is 15.4 Å². The second-order valence-corrected chi connectivity index (χ2v) is 5.74. The zero-order valence-electron chi connectivity index (χ0n) is 13.6. The maximum absolute atomic E-state index is 13.1. The van der Waals surface area contributed by atoms with Crippen molar-refractivity contribution in [1.82, 2.24) is 4.90 Å². The predicted octanol–water partition coefficient (Wildman–Crippen LogP) is 3.14. The number of hydrogen-bond acceptors (Lipinski definition) is 3. The largest absolute Gasteiger partial charge is 0.471 e. The topological polar surface area (TPSA) is 57.7 Å². The van der Waals surface area contributed by atoms with Gasteiger partial charge in [0.1, 0.15) is 6.67 Å². The molecule has 8 heteroatoms. The highest BCUT2D eigenvalue weighted by Crippen LogP contribution is 2.29. The Labute approximate surface area is 146 Å². The fourth-order valence-corrected chi connectivity index (χ4v) is 2.78. The van der Waals surface area contributed by atoms with Crippen molar-refractivity contribution in [1.29, 1.82) is 0 Å². The van der Waals surface area contributed by atoms with Crippen LogP contribution in [0.2, 0.25) is 0 Å². The number of anilines is 1. The van der Waals surface area contributed by atoms with E-state index in [1.807, 2.05) is 0 Å². The SMILES string of the molecule is Cc1ccccc1N(CN1C(=O)c2ccccc2C1=O)C(=O)C(F)(F)F. The van der Waals surface area contributed by atoms with Crippen molar-refractivity contribution in [2.45, 2.75) is 13.1 Å². The van der Waals surface area contributed by atoms with Gasteiger partial charge in [-0.05, 0) is 30.7 Å². The van der Waals surface area contributed by atoms with Crippen LogP contribution in [0.4, 0.5) is 18.9 Å². The number of amides is 3. The van der Waals surface area contributed by atoms with Crippen LogP contribution < -0.4 is 4.90 Å². The molecule has 0 bridgehead atoms. The molecule has 3 amide bonds. The van der Waals surface area contributed by atoms with Crippen LogP contribution in [0.15, 0.2) is 48.5 Å². The van der Waals surface area contributed by atoms with E-state index >= 15 is 0 Å². The Morgan fingerprint density at radius 1 is 0.962 bits per heavy atom.